The maximum Gasteiger partial charge on any atom is 0.270 e. The first-order valence-corrected chi connectivity index (χ1v) is 11.5. The highest BCUT2D eigenvalue weighted by molar-refractivity contribution is 9.10. The molecule has 2 atom stereocenters. The van der Waals surface area contributed by atoms with Crippen molar-refractivity contribution in [2.75, 3.05) is 5.32 Å². The number of carbonyl (C=O) groups is 1. The van der Waals surface area contributed by atoms with Gasteiger partial charge in [0.25, 0.3) is 11.6 Å². The number of carbonyl (C=O) groups excluding carboxylic acids is 1. The normalized spacial score (nSPS) is 27.4. The molecule has 0 aliphatic heterocycles. The fourth-order valence-corrected chi connectivity index (χ4v) is 5.94. The number of ether oxygens (including phenoxy) is 1. The molecular formula is C24H27BrN2O4. The van der Waals surface area contributed by atoms with Crippen LogP contribution in [-0.2, 0) is 0 Å². The van der Waals surface area contributed by atoms with E-state index in [0.29, 0.717) is 10.2 Å². The summed E-state index contributed by atoms with van der Waals surface area (Å²) < 4.78 is 6.93. The molecule has 0 spiro atoms. The quantitative estimate of drug-likeness (QED) is 0.381. The van der Waals surface area contributed by atoms with Gasteiger partial charge in [0.15, 0.2) is 0 Å². The first-order chi connectivity index (χ1) is 14.7. The van der Waals surface area contributed by atoms with E-state index in [0.717, 1.165) is 36.3 Å². The molecule has 2 aliphatic carbocycles. The van der Waals surface area contributed by atoms with Gasteiger partial charge >= 0.3 is 0 Å². The molecule has 2 aromatic rings. The van der Waals surface area contributed by atoms with Gasteiger partial charge in [-0.2, -0.15) is 0 Å². The molecule has 1 N–H and O–H groups in total. The van der Waals surface area contributed by atoms with Gasteiger partial charge in [-0.05, 0) is 103 Å². The summed E-state index contributed by atoms with van der Waals surface area (Å²) >= 11 is 3.29. The van der Waals surface area contributed by atoms with Crippen LogP contribution in [0.15, 0.2) is 46.9 Å². The molecule has 164 valence electrons. The molecule has 6 nitrogen and oxygen atoms in total. The lowest BCUT2D eigenvalue weighted by atomic mass is 9.64. The summed E-state index contributed by atoms with van der Waals surface area (Å²) in [5.41, 5.74) is 0.545. The second kappa shape index (κ2) is 8.61. The number of nitro benzene ring substituents is 1. The first-order valence-electron chi connectivity index (χ1n) is 10.7. The van der Waals surface area contributed by atoms with Gasteiger partial charge < -0.3 is 10.1 Å². The van der Waals surface area contributed by atoms with Crippen LogP contribution in [0.5, 0.6) is 5.75 Å². The Morgan fingerprint density at radius 3 is 2.39 bits per heavy atom. The van der Waals surface area contributed by atoms with Crippen molar-refractivity contribution in [1.29, 1.82) is 0 Å². The van der Waals surface area contributed by atoms with E-state index < -0.39 is 10.8 Å². The summed E-state index contributed by atoms with van der Waals surface area (Å²) in [5.74, 6) is 2.71. The Labute approximate surface area is 190 Å². The van der Waals surface area contributed by atoms with E-state index in [1.807, 2.05) is 12.1 Å². The lowest BCUT2D eigenvalue weighted by Crippen LogP contribution is -2.44. The summed E-state index contributed by atoms with van der Waals surface area (Å²) in [6.07, 6.45) is 6.11. The zero-order valence-electron chi connectivity index (χ0n) is 17.8. The van der Waals surface area contributed by atoms with Crippen LogP contribution in [-0.4, -0.2) is 16.4 Å². The zero-order chi connectivity index (χ0) is 22.2. The number of nitrogens with zero attached hydrogens (tertiary/aromatic N) is 1. The number of rotatable bonds is 5. The molecule has 2 unspecified atom stereocenters. The first kappa shape index (κ1) is 21.8. The van der Waals surface area contributed by atoms with Crippen molar-refractivity contribution in [2.24, 2.45) is 17.8 Å². The number of non-ortho nitro benzene ring substituents is 1. The Bertz CT molecular complexity index is 974. The predicted octanol–water partition coefficient (Wildman–Crippen LogP) is 6.59. The fraction of sp³-hybridized carbons (Fsp3) is 0.458. The Balaban J connectivity index is 1.41. The van der Waals surface area contributed by atoms with Gasteiger partial charge in [-0.15, -0.1) is 0 Å². The van der Waals surface area contributed by atoms with Gasteiger partial charge in [0.05, 0.1) is 10.5 Å². The minimum Gasteiger partial charge on any atom is -0.488 e. The van der Waals surface area contributed by atoms with E-state index in [-0.39, 0.29) is 16.9 Å². The van der Waals surface area contributed by atoms with Gasteiger partial charge in [-0.3, -0.25) is 14.9 Å². The average molecular weight is 487 g/mol. The third-order valence-electron chi connectivity index (χ3n) is 6.46. The summed E-state index contributed by atoms with van der Waals surface area (Å²) in [4.78, 5) is 23.1. The van der Waals surface area contributed by atoms with Crippen LogP contribution in [0.3, 0.4) is 0 Å². The molecule has 2 aliphatic rings. The van der Waals surface area contributed by atoms with Crippen molar-refractivity contribution in [3.63, 3.8) is 0 Å². The molecule has 0 aromatic heterocycles. The number of fused-ring (bicyclic) bond motifs is 2. The Morgan fingerprint density at radius 2 is 1.77 bits per heavy atom. The number of hydrogen-bond acceptors (Lipinski definition) is 4. The molecule has 1 amide bonds. The number of anilines is 1. The van der Waals surface area contributed by atoms with Crippen molar-refractivity contribution in [3.8, 4) is 5.75 Å². The lowest BCUT2D eigenvalue weighted by Gasteiger charge is -2.47. The number of nitrogens with one attached hydrogen (secondary N) is 1. The van der Waals surface area contributed by atoms with Gasteiger partial charge in [0.1, 0.15) is 11.4 Å². The lowest BCUT2D eigenvalue weighted by molar-refractivity contribution is -0.384. The van der Waals surface area contributed by atoms with Gasteiger partial charge in [0.2, 0.25) is 0 Å². The molecule has 7 heteroatoms. The van der Waals surface area contributed by atoms with Crippen LogP contribution in [0.25, 0.3) is 0 Å². The standard InChI is InChI=1S/C24H27BrN2O4/c1-15-9-16-11-17(10-15)14-24(2,13-16)31-20-6-3-18(4-7-20)26-23(28)21-12-19(27(29)30)5-8-22(21)25/h3-8,12,15-17H,9-11,13-14H2,1-2H3,(H,26,28). The minimum absolute atomic E-state index is 0.128. The van der Waals surface area contributed by atoms with Crippen LogP contribution >= 0.6 is 15.9 Å². The number of amides is 1. The maximum absolute atomic E-state index is 12.6. The Hall–Kier alpha value is -2.41. The third kappa shape index (κ3) is 5.09. The number of benzene rings is 2. The topological polar surface area (TPSA) is 81.5 Å². The second-order valence-electron chi connectivity index (χ2n) is 9.40. The molecule has 4 rings (SSSR count). The highest BCUT2D eigenvalue weighted by atomic mass is 79.9. The van der Waals surface area contributed by atoms with Crippen LogP contribution in [0.4, 0.5) is 11.4 Å². The summed E-state index contributed by atoms with van der Waals surface area (Å²) in [5, 5.41) is 13.8. The predicted molar refractivity (Wildman–Crippen MR) is 123 cm³/mol. The maximum atomic E-state index is 12.6. The van der Waals surface area contributed by atoms with Crippen molar-refractivity contribution in [1.82, 2.24) is 0 Å². The molecule has 2 bridgehead atoms. The van der Waals surface area contributed by atoms with Gasteiger partial charge in [0, 0.05) is 22.3 Å². The molecule has 2 aromatic carbocycles. The van der Waals surface area contributed by atoms with Crippen molar-refractivity contribution in [3.05, 3.63) is 62.6 Å². The minimum atomic E-state index is -0.518. The van der Waals surface area contributed by atoms with Crippen molar-refractivity contribution < 1.29 is 14.5 Å². The monoisotopic (exact) mass is 486 g/mol. The highest BCUT2D eigenvalue weighted by Gasteiger charge is 2.42. The molecule has 31 heavy (non-hydrogen) atoms. The van der Waals surface area contributed by atoms with E-state index in [4.69, 9.17) is 4.74 Å². The summed E-state index contributed by atoms with van der Waals surface area (Å²) in [6.45, 7) is 4.58. The van der Waals surface area contributed by atoms with E-state index in [1.165, 1.54) is 37.5 Å². The van der Waals surface area contributed by atoms with Crippen LogP contribution < -0.4 is 10.1 Å². The summed E-state index contributed by atoms with van der Waals surface area (Å²) in [6, 6.07) is 11.5. The van der Waals surface area contributed by atoms with E-state index in [1.54, 1.807) is 12.1 Å². The van der Waals surface area contributed by atoms with Gasteiger partial charge in [-0.1, -0.05) is 6.92 Å². The smallest absolute Gasteiger partial charge is 0.270 e. The Morgan fingerprint density at radius 1 is 1.13 bits per heavy atom. The molecule has 0 radical (unpaired) electrons. The SMILES string of the molecule is CC1CC2CC(C1)CC(C)(Oc1ccc(NC(=O)c3cc([N+](=O)[O-])ccc3Br)cc1)C2. The average Bonchev–Trinajstić information content (AvgIpc) is 2.68. The number of nitro groups is 1. The number of hydrogen-bond donors (Lipinski definition) is 1. The van der Waals surface area contributed by atoms with Gasteiger partial charge in [-0.25, -0.2) is 0 Å². The Kier molecular flexibility index (Phi) is 6.06. The molecule has 0 saturated heterocycles. The molecular weight excluding hydrogens is 460 g/mol. The van der Waals surface area contributed by atoms with Crippen molar-refractivity contribution in [2.45, 2.75) is 51.6 Å². The largest absolute Gasteiger partial charge is 0.488 e. The molecule has 2 fully saturated rings. The fourth-order valence-electron chi connectivity index (χ4n) is 5.51. The third-order valence-corrected chi connectivity index (χ3v) is 7.15. The van der Waals surface area contributed by atoms with Crippen LogP contribution in [0, 0.1) is 27.9 Å². The molecule has 0 heterocycles. The van der Waals surface area contributed by atoms with Crippen LogP contribution in [0.1, 0.15) is 56.3 Å². The molecule has 2 saturated carbocycles. The highest BCUT2D eigenvalue weighted by Crippen LogP contribution is 2.47. The van der Waals surface area contributed by atoms with Crippen LogP contribution in [0.2, 0.25) is 0 Å². The van der Waals surface area contributed by atoms with Crippen molar-refractivity contribution >= 4 is 33.2 Å². The number of halogens is 1. The zero-order valence-corrected chi connectivity index (χ0v) is 19.4. The van der Waals surface area contributed by atoms with E-state index >= 15 is 0 Å². The van der Waals surface area contributed by atoms with E-state index in [2.05, 4.69) is 35.1 Å². The summed E-state index contributed by atoms with van der Waals surface area (Å²) in [7, 11) is 0. The second-order valence-corrected chi connectivity index (χ2v) is 10.3. The van der Waals surface area contributed by atoms with E-state index in [9.17, 15) is 14.9 Å².